The molecule has 1 saturated heterocycles. The van der Waals surface area contributed by atoms with Crippen molar-refractivity contribution in [3.63, 3.8) is 0 Å². The number of carbonyl (C=O) groups is 1. The summed E-state index contributed by atoms with van der Waals surface area (Å²) >= 11 is 0. The van der Waals surface area contributed by atoms with E-state index in [1.54, 1.807) is 0 Å². The summed E-state index contributed by atoms with van der Waals surface area (Å²) in [6.45, 7) is 6.91. The van der Waals surface area contributed by atoms with Gasteiger partial charge in [0.25, 0.3) is 0 Å². The maximum absolute atomic E-state index is 12.8. The van der Waals surface area contributed by atoms with Gasteiger partial charge in [0.1, 0.15) is 0 Å². The lowest BCUT2D eigenvalue weighted by Gasteiger charge is -2.33. The number of nitrogens with one attached hydrogen (secondary N) is 1. The van der Waals surface area contributed by atoms with Gasteiger partial charge in [-0.25, -0.2) is 0 Å². The van der Waals surface area contributed by atoms with E-state index in [0.717, 1.165) is 38.9 Å². The van der Waals surface area contributed by atoms with E-state index in [0.29, 0.717) is 11.9 Å². The number of amides is 1. The highest BCUT2D eigenvalue weighted by Gasteiger charge is 2.28. The van der Waals surface area contributed by atoms with Crippen LogP contribution in [0.3, 0.4) is 0 Å². The SMILES string of the molecule is CCC(C)N(Cc1ccccc1)C(=O)C1CCCNC1. The van der Waals surface area contributed by atoms with E-state index in [2.05, 4.69) is 36.2 Å². The van der Waals surface area contributed by atoms with Crippen LogP contribution in [0, 0.1) is 5.92 Å². The molecular formula is C17H26N2O. The Morgan fingerprint density at radius 2 is 2.15 bits per heavy atom. The first-order valence-electron chi connectivity index (χ1n) is 7.77. The minimum Gasteiger partial charge on any atom is -0.335 e. The normalized spacial score (nSPS) is 20.4. The molecule has 0 radical (unpaired) electrons. The maximum atomic E-state index is 12.8. The molecule has 0 aromatic heterocycles. The van der Waals surface area contributed by atoms with E-state index in [1.807, 2.05) is 18.2 Å². The summed E-state index contributed by atoms with van der Waals surface area (Å²) in [6, 6.07) is 10.6. The smallest absolute Gasteiger partial charge is 0.227 e. The van der Waals surface area contributed by atoms with Crippen LogP contribution in [0.4, 0.5) is 0 Å². The summed E-state index contributed by atoms with van der Waals surface area (Å²) in [4.78, 5) is 14.9. The Hall–Kier alpha value is -1.35. The zero-order valence-electron chi connectivity index (χ0n) is 12.6. The van der Waals surface area contributed by atoms with Crippen LogP contribution in [0.5, 0.6) is 0 Å². The molecule has 3 nitrogen and oxygen atoms in total. The topological polar surface area (TPSA) is 32.3 Å². The molecule has 0 saturated carbocycles. The molecule has 1 N–H and O–H groups in total. The summed E-state index contributed by atoms with van der Waals surface area (Å²) in [7, 11) is 0. The molecule has 1 aliphatic rings. The number of carbonyl (C=O) groups excluding carboxylic acids is 1. The number of nitrogens with zero attached hydrogens (tertiary/aromatic N) is 1. The number of benzene rings is 1. The van der Waals surface area contributed by atoms with Crippen LogP contribution in [0.15, 0.2) is 30.3 Å². The minimum atomic E-state index is 0.154. The van der Waals surface area contributed by atoms with E-state index in [-0.39, 0.29) is 5.92 Å². The first kappa shape index (κ1) is 15.0. The molecule has 110 valence electrons. The molecule has 1 aromatic carbocycles. The van der Waals surface area contributed by atoms with Crippen LogP contribution in [0.2, 0.25) is 0 Å². The number of rotatable bonds is 5. The zero-order chi connectivity index (χ0) is 14.4. The molecule has 1 fully saturated rings. The molecule has 2 unspecified atom stereocenters. The van der Waals surface area contributed by atoms with Crippen LogP contribution in [-0.2, 0) is 11.3 Å². The van der Waals surface area contributed by atoms with Gasteiger partial charge in [0.2, 0.25) is 5.91 Å². The standard InChI is InChI=1S/C17H26N2O/c1-3-14(2)19(13-15-8-5-4-6-9-15)17(20)16-10-7-11-18-12-16/h4-6,8-9,14,16,18H,3,7,10-13H2,1-2H3. The second kappa shape index (κ2) is 7.44. The average Bonchev–Trinajstić information content (AvgIpc) is 2.53. The lowest BCUT2D eigenvalue weighted by molar-refractivity contribution is -0.139. The minimum absolute atomic E-state index is 0.154. The van der Waals surface area contributed by atoms with Crippen molar-refractivity contribution in [1.29, 1.82) is 0 Å². The predicted molar refractivity (Wildman–Crippen MR) is 82.3 cm³/mol. The maximum Gasteiger partial charge on any atom is 0.227 e. The van der Waals surface area contributed by atoms with Crippen molar-refractivity contribution in [1.82, 2.24) is 10.2 Å². The Kier molecular flexibility index (Phi) is 5.60. The van der Waals surface area contributed by atoms with Gasteiger partial charge in [-0.05, 0) is 38.3 Å². The van der Waals surface area contributed by atoms with Crippen molar-refractivity contribution in [2.45, 2.75) is 45.7 Å². The van der Waals surface area contributed by atoms with E-state index < -0.39 is 0 Å². The van der Waals surface area contributed by atoms with E-state index in [9.17, 15) is 4.79 Å². The Bertz CT molecular complexity index is 412. The van der Waals surface area contributed by atoms with Crippen molar-refractivity contribution in [3.8, 4) is 0 Å². The molecule has 3 heteroatoms. The molecule has 0 aliphatic carbocycles. The molecular weight excluding hydrogens is 248 g/mol. The highest BCUT2D eigenvalue weighted by Crippen LogP contribution is 2.19. The molecule has 1 aliphatic heterocycles. The Morgan fingerprint density at radius 1 is 1.40 bits per heavy atom. The predicted octanol–water partition coefficient (Wildman–Crippen LogP) is 2.81. The van der Waals surface area contributed by atoms with Crippen LogP contribution < -0.4 is 5.32 Å². The fourth-order valence-electron chi connectivity index (χ4n) is 2.75. The van der Waals surface area contributed by atoms with Crippen LogP contribution in [-0.4, -0.2) is 29.9 Å². The molecule has 1 amide bonds. The van der Waals surface area contributed by atoms with Crippen LogP contribution in [0.1, 0.15) is 38.7 Å². The zero-order valence-corrected chi connectivity index (χ0v) is 12.6. The van der Waals surface area contributed by atoms with Crippen molar-refractivity contribution in [2.75, 3.05) is 13.1 Å². The molecule has 1 heterocycles. The van der Waals surface area contributed by atoms with Gasteiger partial charge in [-0.3, -0.25) is 4.79 Å². The monoisotopic (exact) mass is 274 g/mol. The summed E-state index contributed by atoms with van der Waals surface area (Å²) in [5, 5.41) is 3.34. The highest BCUT2D eigenvalue weighted by molar-refractivity contribution is 5.79. The number of hydrogen-bond donors (Lipinski definition) is 1. The molecule has 2 atom stereocenters. The summed E-state index contributed by atoms with van der Waals surface area (Å²) in [5.74, 6) is 0.469. The molecule has 0 spiro atoms. The summed E-state index contributed by atoms with van der Waals surface area (Å²) in [6.07, 6.45) is 3.13. The van der Waals surface area contributed by atoms with Gasteiger partial charge < -0.3 is 10.2 Å². The van der Waals surface area contributed by atoms with Crippen molar-refractivity contribution >= 4 is 5.91 Å². The van der Waals surface area contributed by atoms with Gasteiger partial charge in [-0.1, -0.05) is 37.3 Å². The van der Waals surface area contributed by atoms with Crippen molar-refractivity contribution in [2.24, 2.45) is 5.92 Å². The van der Waals surface area contributed by atoms with Crippen LogP contribution >= 0.6 is 0 Å². The summed E-state index contributed by atoms with van der Waals surface area (Å²) < 4.78 is 0. The van der Waals surface area contributed by atoms with E-state index in [4.69, 9.17) is 0 Å². The Labute approximate surface area is 122 Å². The third kappa shape index (κ3) is 3.83. The average molecular weight is 274 g/mol. The van der Waals surface area contributed by atoms with E-state index in [1.165, 1.54) is 5.56 Å². The Balaban J connectivity index is 2.08. The second-order valence-corrected chi connectivity index (χ2v) is 5.75. The van der Waals surface area contributed by atoms with Crippen molar-refractivity contribution < 1.29 is 4.79 Å². The number of piperidine rings is 1. The first-order valence-corrected chi connectivity index (χ1v) is 7.77. The Morgan fingerprint density at radius 3 is 2.75 bits per heavy atom. The van der Waals surface area contributed by atoms with Gasteiger partial charge >= 0.3 is 0 Å². The molecule has 0 bridgehead atoms. The molecule has 20 heavy (non-hydrogen) atoms. The third-order valence-electron chi connectivity index (χ3n) is 4.25. The second-order valence-electron chi connectivity index (χ2n) is 5.75. The largest absolute Gasteiger partial charge is 0.335 e. The van der Waals surface area contributed by atoms with Gasteiger partial charge in [0.05, 0.1) is 5.92 Å². The lowest BCUT2D eigenvalue weighted by atomic mass is 9.97. The fourth-order valence-corrected chi connectivity index (χ4v) is 2.75. The van der Waals surface area contributed by atoms with Gasteiger partial charge in [0.15, 0.2) is 0 Å². The van der Waals surface area contributed by atoms with Gasteiger partial charge in [-0.15, -0.1) is 0 Å². The highest BCUT2D eigenvalue weighted by atomic mass is 16.2. The van der Waals surface area contributed by atoms with Crippen LogP contribution in [0.25, 0.3) is 0 Å². The third-order valence-corrected chi connectivity index (χ3v) is 4.25. The lowest BCUT2D eigenvalue weighted by Crippen LogP contribution is -2.46. The van der Waals surface area contributed by atoms with E-state index >= 15 is 0 Å². The molecule has 2 rings (SSSR count). The molecule has 1 aromatic rings. The van der Waals surface area contributed by atoms with Crippen molar-refractivity contribution in [3.05, 3.63) is 35.9 Å². The van der Waals surface area contributed by atoms with Gasteiger partial charge in [0, 0.05) is 19.1 Å². The quantitative estimate of drug-likeness (QED) is 0.895. The first-order chi connectivity index (χ1) is 9.72. The number of hydrogen-bond acceptors (Lipinski definition) is 2. The van der Waals surface area contributed by atoms with Gasteiger partial charge in [-0.2, -0.15) is 0 Å². The summed E-state index contributed by atoms with van der Waals surface area (Å²) in [5.41, 5.74) is 1.21. The fraction of sp³-hybridized carbons (Fsp3) is 0.588.